The molecule has 6 heteroatoms. The summed E-state index contributed by atoms with van der Waals surface area (Å²) in [4.78, 5) is 0. The van der Waals surface area contributed by atoms with Crippen molar-refractivity contribution in [2.45, 2.75) is 13.7 Å². The zero-order valence-electron chi connectivity index (χ0n) is 10.2. The lowest BCUT2D eigenvalue weighted by Gasteiger charge is -2.11. The topological polar surface area (TPSA) is 62.3 Å². The first kappa shape index (κ1) is 12.6. The van der Waals surface area contributed by atoms with Crippen molar-refractivity contribution in [2.75, 3.05) is 12.8 Å². The van der Waals surface area contributed by atoms with Crippen molar-refractivity contribution < 1.29 is 9.47 Å². The molecule has 0 bridgehead atoms. The molecule has 0 unspecified atom stereocenters. The van der Waals surface area contributed by atoms with Crippen LogP contribution in [0.2, 0.25) is 5.02 Å². The molecular weight excluding hydrogens is 254 g/mol. The van der Waals surface area contributed by atoms with Gasteiger partial charge in [0.15, 0.2) is 18.2 Å². The Morgan fingerprint density at radius 3 is 2.72 bits per heavy atom. The highest BCUT2D eigenvalue weighted by atomic mass is 35.5. The lowest BCUT2D eigenvalue weighted by Crippen LogP contribution is -2.09. The van der Waals surface area contributed by atoms with Crippen LogP contribution in [0.15, 0.2) is 24.3 Å². The van der Waals surface area contributed by atoms with Crippen LogP contribution in [0.4, 0.5) is 5.82 Å². The number of benzene rings is 1. The summed E-state index contributed by atoms with van der Waals surface area (Å²) in [6.07, 6.45) is 0. The molecule has 0 spiro atoms. The third-order valence-corrected chi connectivity index (χ3v) is 2.70. The first-order chi connectivity index (χ1) is 8.60. The lowest BCUT2D eigenvalue weighted by atomic mass is 10.3. The second-order valence-electron chi connectivity index (χ2n) is 3.78. The molecule has 2 N–H and O–H groups in total. The summed E-state index contributed by atoms with van der Waals surface area (Å²) in [5.41, 5.74) is 6.53. The summed E-state index contributed by atoms with van der Waals surface area (Å²) in [7, 11) is 1.57. The standard InChI is InChI=1S/C12H14ClN3O2/c1-8-5-12(14)15-16(8)7-18-10-4-3-9(13)6-11(10)17-2/h3-6H,7H2,1-2H3,(H2,14,15). The number of hydrogen-bond acceptors (Lipinski definition) is 4. The highest BCUT2D eigenvalue weighted by molar-refractivity contribution is 6.30. The Balaban J connectivity index is 2.13. The van der Waals surface area contributed by atoms with E-state index in [1.165, 1.54) is 0 Å². The zero-order chi connectivity index (χ0) is 13.1. The molecule has 0 fully saturated rings. The van der Waals surface area contributed by atoms with E-state index in [1.807, 2.05) is 6.92 Å². The summed E-state index contributed by atoms with van der Waals surface area (Å²) >= 11 is 5.87. The molecule has 0 amide bonds. The highest BCUT2D eigenvalue weighted by Crippen LogP contribution is 2.30. The molecule has 0 aliphatic rings. The van der Waals surface area contributed by atoms with E-state index in [1.54, 1.807) is 36.1 Å². The van der Waals surface area contributed by atoms with Gasteiger partial charge in [-0.15, -0.1) is 0 Å². The van der Waals surface area contributed by atoms with Crippen LogP contribution < -0.4 is 15.2 Å². The van der Waals surface area contributed by atoms with Crippen LogP contribution in [0.1, 0.15) is 5.69 Å². The zero-order valence-corrected chi connectivity index (χ0v) is 10.9. The maximum absolute atomic E-state index is 5.87. The third-order valence-electron chi connectivity index (χ3n) is 2.47. The number of hydrogen-bond donors (Lipinski definition) is 1. The second kappa shape index (κ2) is 5.18. The van der Waals surface area contributed by atoms with Crippen LogP contribution in [0, 0.1) is 6.92 Å². The largest absolute Gasteiger partial charge is 0.493 e. The Bertz CT molecular complexity index is 554. The number of nitrogen functional groups attached to an aromatic ring is 1. The van der Waals surface area contributed by atoms with Crippen LogP contribution in [0.25, 0.3) is 0 Å². The van der Waals surface area contributed by atoms with Gasteiger partial charge in [0.2, 0.25) is 0 Å². The van der Waals surface area contributed by atoms with Gasteiger partial charge in [0.25, 0.3) is 0 Å². The van der Waals surface area contributed by atoms with Gasteiger partial charge in [0, 0.05) is 22.8 Å². The number of nitrogens with two attached hydrogens (primary N) is 1. The van der Waals surface area contributed by atoms with Crippen molar-refractivity contribution in [2.24, 2.45) is 0 Å². The second-order valence-corrected chi connectivity index (χ2v) is 4.22. The van der Waals surface area contributed by atoms with Crippen molar-refractivity contribution >= 4 is 17.4 Å². The minimum atomic E-state index is 0.265. The van der Waals surface area contributed by atoms with Gasteiger partial charge in [-0.1, -0.05) is 11.6 Å². The quantitative estimate of drug-likeness (QED) is 0.924. The van der Waals surface area contributed by atoms with E-state index >= 15 is 0 Å². The first-order valence-corrected chi connectivity index (χ1v) is 5.74. The molecule has 18 heavy (non-hydrogen) atoms. The Morgan fingerprint density at radius 2 is 2.11 bits per heavy atom. The number of aromatic nitrogens is 2. The minimum Gasteiger partial charge on any atom is -0.493 e. The predicted octanol–water partition coefficient (Wildman–Crippen LogP) is 2.47. The lowest BCUT2D eigenvalue weighted by molar-refractivity contribution is 0.209. The van der Waals surface area contributed by atoms with Gasteiger partial charge in [-0.05, 0) is 19.1 Å². The summed E-state index contributed by atoms with van der Waals surface area (Å²) < 4.78 is 12.5. The molecule has 0 aliphatic carbocycles. The van der Waals surface area contributed by atoms with Crippen molar-refractivity contribution in [1.29, 1.82) is 0 Å². The molecule has 5 nitrogen and oxygen atoms in total. The van der Waals surface area contributed by atoms with E-state index < -0.39 is 0 Å². The number of ether oxygens (including phenoxy) is 2. The van der Waals surface area contributed by atoms with Crippen LogP contribution in [0.5, 0.6) is 11.5 Å². The molecular formula is C12H14ClN3O2. The predicted molar refractivity (Wildman–Crippen MR) is 70.0 cm³/mol. The molecule has 2 aromatic rings. The number of aryl methyl sites for hydroxylation is 1. The fourth-order valence-electron chi connectivity index (χ4n) is 1.56. The van der Waals surface area contributed by atoms with Crippen molar-refractivity contribution in [3.8, 4) is 11.5 Å². The molecule has 0 atom stereocenters. The fraction of sp³-hybridized carbons (Fsp3) is 0.250. The monoisotopic (exact) mass is 267 g/mol. The molecule has 0 aliphatic heterocycles. The van der Waals surface area contributed by atoms with E-state index in [4.69, 9.17) is 26.8 Å². The third kappa shape index (κ3) is 2.68. The average Bonchev–Trinajstić information content (AvgIpc) is 2.66. The van der Waals surface area contributed by atoms with E-state index in [-0.39, 0.29) is 6.73 Å². The van der Waals surface area contributed by atoms with Gasteiger partial charge in [0.1, 0.15) is 5.82 Å². The molecule has 96 valence electrons. The van der Waals surface area contributed by atoms with Gasteiger partial charge in [-0.3, -0.25) is 0 Å². The first-order valence-electron chi connectivity index (χ1n) is 5.36. The SMILES string of the molecule is COc1cc(Cl)ccc1OCn1nc(N)cc1C. The summed E-state index contributed by atoms with van der Waals surface area (Å²) in [5.74, 6) is 1.66. The van der Waals surface area contributed by atoms with Crippen LogP contribution in [-0.2, 0) is 6.73 Å². The van der Waals surface area contributed by atoms with Gasteiger partial charge in [-0.25, -0.2) is 4.68 Å². The number of halogens is 1. The number of methoxy groups -OCH3 is 1. The number of anilines is 1. The molecule has 0 radical (unpaired) electrons. The number of rotatable bonds is 4. The van der Waals surface area contributed by atoms with Gasteiger partial charge >= 0.3 is 0 Å². The highest BCUT2D eigenvalue weighted by Gasteiger charge is 2.07. The Kier molecular flexibility index (Phi) is 3.62. The normalized spacial score (nSPS) is 10.4. The minimum absolute atomic E-state index is 0.265. The van der Waals surface area contributed by atoms with Crippen LogP contribution in [0.3, 0.4) is 0 Å². The van der Waals surface area contributed by atoms with Crippen molar-refractivity contribution in [3.05, 3.63) is 35.0 Å². The van der Waals surface area contributed by atoms with E-state index in [9.17, 15) is 0 Å². The maximum atomic E-state index is 5.87. The van der Waals surface area contributed by atoms with Gasteiger partial charge in [-0.2, -0.15) is 5.10 Å². The average molecular weight is 268 g/mol. The fourth-order valence-corrected chi connectivity index (χ4v) is 1.72. The molecule has 2 rings (SSSR count). The Labute approximate surface area is 110 Å². The van der Waals surface area contributed by atoms with Gasteiger partial charge in [0.05, 0.1) is 7.11 Å². The number of nitrogens with zero attached hydrogens (tertiary/aromatic N) is 2. The van der Waals surface area contributed by atoms with E-state index in [2.05, 4.69) is 5.10 Å². The molecule has 1 aromatic carbocycles. The molecule has 1 aromatic heterocycles. The smallest absolute Gasteiger partial charge is 0.181 e. The Morgan fingerprint density at radius 1 is 1.33 bits per heavy atom. The molecule has 1 heterocycles. The summed E-state index contributed by atoms with van der Waals surface area (Å²) in [6.45, 7) is 2.17. The van der Waals surface area contributed by atoms with Crippen molar-refractivity contribution in [1.82, 2.24) is 9.78 Å². The van der Waals surface area contributed by atoms with E-state index in [0.717, 1.165) is 5.69 Å². The van der Waals surface area contributed by atoms with E-state index in [0.29, 0.717) is 22.3 Å². The Hall–Kier alpha value is -1.88. The van der Waals surface area contributed by atoms with Crippen LogP contribution >= 0.6 is 11.6 Å². The van der Waals surface area contributed by atoms with Crippen LogP contribution in [-0.4, -0.2) is 16.9 Å². The molecule has 0 saturated carbocycles. The summed E-state index contributed by atoms with van der Waals surface area (Å²) in [5, 5.41) is 4.70. The summed E-state index contributed by atoms with van der Waals surface area (Å²) in [6, 6.07) is 6.97. The maximum Gasteiger partial charge on any atom is 0.181 e. The van der Waals surface area contributed by atoms with Crippen molar-refractivity contribution in [3.63, 3.8) is 0 Å². The molecule has 0 saturated heterocycles. The van der Waals surface area contributed by atoms with Gasteiger partial charge < -0.3 is 15.2 Å².